The third-order valence-electron chi connectivity index (χ3n) is 10.3. The Morgan fingerprint density at radius 2 is 1.04 bits per heavy atom. The zero-order valence-electron chi connectivity index (χ0n) is 28.7. The van der Waals surface area contributed by atoms with Gasteiger partial charge in [-0.05, 0) is 0 Å². The molecule has 0 saturated carbocycles. The molecule has 0 bridgehead atoms. The first-order valence-corrected chi connectivity index (χ1v) is 20.9. The standard InChI is InChI=1S/C21H25.C13H10.C11H11.Zr/c1-20(2,3)16-7-9-18-14(12-16)11-15-13-17(21(4,5)6)8-10-19(15)18;1-3-7-12(8-4-1)11-13-9-5-2-6-10-13;1-8-4-3-5-10-9(2)6-7-11(8)10;/h7-13H,1-6H3;1-10H;3-7H,1-2H3;. The zero-order chi connectivity index (χ0) is 32.4. The molecule has 0 aromatic heterocycles. The SMILES string of the molecule is CC1=C[CH]([Zr](=[C](c2ccccc2)c2ccccc2)[CH]2c3cc(C(C)(C)C)ccc3-c3ccc(C(C)(C)C)cc32)c2c(C)cccc21. The molecular weight excluding hydrogens is 632 g/mol. The van der Waals surface area contributed by atoms with E-state index in [2.05, 4.69) is 177 Å². The van der Waals surface area contributed by atoms with Crippen LogP contribution in [-0.2, 0) is 32.1 Å². The predicted octanol–water partition coefficient (Wildman–Crippen LogP) is 11.7. The van der Waals surface area contributed by atoms with Crippen LogP contribution < -0.4 is 0 Å². The first-order chi connectivity index (χ1) is 21.9. The molecule has 1 unspecified atom stereocenters. The summed E-state index contributed by atoms with van der Waals surface area (Å²) in [5.74, 6) is 0. The van der Waals surface area contributed by atoms with Crippen molar-refractivity contribution >= 4 is 8.78 Å². The molecule has 46 heavy (non-hydrogen) atoms. The number of benzene rings is 5. The number of rotatable bonds is 4. The summed E-state index contributed by atoms with van der Waals surface area (Å²) >= 11 is -2.90. The zero-order valence-corrected chi connectivity index (χ0v) is 31.2. The normalized spacial score (nSPS) is 15.7. The molecule has 0 amide bonds. The third-order valence-corrected chi connectivity index (χ3v) is 18.9. The molecule has 0 spiro atoms. The third kappa shape index (κ3) is 5.40. The van der Waals surface area contributed by atoms with E-state index in [1.54, 1.807) is 19.9 Å². The van der Waals surface area contributed by atoms with Crippen LogP contribution in [0.3, 0.4) is 0 Å². The van der Waals surface area contributed by atoms with E-state index in [9.17, 15) is 0 Å². The maximum absolute atomic E-state index is 2.90. The van der Waals surface area contributed by atoms with E-state index in [-0.39, 0.29) is 10.8 Å². The van der Waals surface area contributed by atoms with Crippen LogP contribution in [0, 0.1) is 6.92 Å². The molecule has 5 aromatic rings. The minimum atomic E-state index is -2.90. The van der Waals surface area contributed by atoms with Gasteiger partial charge in [0.2, 0.25) is 0 Å². The molecule has 0 aliphatic heterocycles. The second kappa shape index (κ2) is 11.7. The monoisotopic (exact) mass is 676 g/mol. The van der Waals surface area contributed by atoms with Crippen molar-refractivity contribution < 1.29 is 21.3 Å². The summed E-state index contributed by atoms with van der Waals surface area (Å²) in [5, 5.41) is 0. The Bertz CT molecular complexity index is 1910. The molecule has 2 aliphatic carbocycles. The van der Waals surface area contributed by atoms with Crippen molar-refractivity contribution in [1.82, 2.24) is 0 Å². The molecule has 2 aliphatic rings. The molecule has 230 valence electrons. The molecule has 0 heterocycles. The topological polar surface area (TPSA) is 0 Å². The van der Waals surface area contributed by atoms with Gasteiger partial charge in [-0.25, -0.2) is 0 Å². The van der Waals surface area contributed by atoms with Gasteiger partial charge >= 0.3 is 286 Å². The number of allylic oxidation sites excluding steroid dienone is 2. The molecule has 1 atom stereocenters. The molecule has 0 radical (unpaired) electrons. The molecule has 0 nitrogen and oxygen atoms in total. The van der Waals surface area contributed by atoms with Crippen molar-refractivity contribution in [1.29, 1.82) is 0 Å². The fourth-order valence-electron chi connectivity index (χ4n) is 7.82. The Kier molecular flexibility index (Phi) is 7.93. The minimum absolute atomic E-state index is 0.0763. The van der Waals surface area contributed by atoms with Crippen molar-refractivity contribution in [2.75, 3.05) is 0 Å². The first kappa shape index (κ1) is 31.2. The van der Waals surface area contributed by atoms with Crippen LogP contribution in [0.2, 0.25) is 0 Å². The number of fused-ring (bicyclic) bond motifs is 4. The van der Waals surface area contributed by atoms with Crippen molar-refractivity contribution in [2.45, 2.75) is 73.5 Å². The second-order valence-electron chi connectivity index (χ2n) is 15.5. The Morgan fingerprint density at radius 3 is 1.52 bits per heavy atom. The van der Waals surface area contributed by atoms with Gasteiger partial charge in [0.25, 0.3) is 0 Å². The van der Waals surface area contributed by atoms with Crippen molar-refractivity contribution in [3.05, 3.63) is 171 Å². The number of aryl methyl sites for hydroxylation is 1. The van der Waals surface area contributed by atoms with Crippen LogP contribution in [0.4, 0.5) is 0 Å². The summed E-state index contributed by atoms with van der Waals surface area (Å²) in [6, 6.07) is 44.6. The fraction of sp³-hybridized carbons (Fsp3) is 0.267. The van der Waals surface area contributed by atoms with Crippen LogP contribution >= 0.6 is 0 Å². The summed E-state index contributed by atoms with van der Waals surface area (Å²) in [4.78, 5) is 0. The average molecular weight is 678 g/mol. The molecule has 0 N–H and O–H groups in total. The second-order valence-corrected chi connectivity index (χ2v) is 21.9. The quantitative estimate of drug-likeness (QED) is 0.178. The maximum atomic E-state index is 2.68. The Hall–Kier alpha value is -3.41. The van der Waals surface area contributed by atoms with Crippen LogP contribution in [0.15, 0.2) is 121 Å². The van der Waals surface area contributed by atoms with Gasteiger partial charge < -0.3 is 0 Å². The van der Waals surface area contributed by atoms with Crippen LogP contribution in [0.1, 0.15) is 106 Å². The van der Waals surface area contributed by atoms with E-state index in [4.69, 9.17) is 0 Å². The summed E-state index contributed by atoms with van der Waals surface area (Å²) in [7, 11) is 0. The summed E-state index contributed by atoms with van der Waals surface area (Å²) in [5.41, 5.74) is 17.7. The van der Waals surface area contributed by atoms with Crippen molar-refractivity contribution in [3.63, 3.8) is 0 Å². The average Bonchev–Trinajstić information content (AvgIpc) is 3.54. The van der Waals surface area contributed by atoms with Gasteiger partial charge in [-0.15, -0.1) is 0 Å². The van der Waals surface area contributed by atoms with Crippen molar-refractivity contribution in [3.8, 4) is 11.1 Å². The molecule has 0 fully saturated rings. The van der Waals surface area contributed by atoms with E-state index >= 15 is 0 Å². The van der Waals surface area contributed by atoms with Crippen LogP contribution in [0.25, 0.3) is 16.7 Å². The van der Waals surface area contributed by atoms with Crippen LogP contribution in [-0.4, -0.2) is 3.21 Å². The Labute approximate surface area is 284 Å². The van der Waals surface area contributed by atoms with Crippen molar-refractivity contribution in [2.24, 2.45) is 0 Å². The van der Waals surface area contributed by atoms with Gasteiger partial charge in [-0.2, -0.15) is 0 Å². The Morgan fingerprint density at radius 1 is 0.543 bits per heavy atom. The molecule has 0 saturated heterocycles. The number of hydrogen-bond donors (Lipinski definition) is 0. The first-order valence-electron chi connectivity index (χ1n) is 16.9. The molecule has 5 aromatic carbocycles. The van der Waals surface area contributed by atoms with Gasteiger partial charge in [0.1, 0.15) is 0 Å². The van der Waals surface area contributed by atoms with Gasteiger partial charge in [-0.1, -0.05) is 0 Å². The van der Waals surface area contributed by atoms with Gasteiger partial charge in [-0.3, -0.25) is 0 Å². The predicted molar refractivity (Wildman–Crippen MR) is 195 cm³/mol. The summed E-state index contributed by atoms with van der Waals surface area (Å²) in [6.07, 6.45) is 2.68. The van der Waals surface area contributed by atoms with Gasteiger partial charge in [0.15, 0.2) is 0 Å². The summed E-state index contributed by atoms with van der Waals surface area (Å²) in [6.45, 7) is 18.8. The molecule has 1 heteroatoms. The van der Waals surface area contributed by atoms with Crippen LogP contribution in [0.5, 0.6) is 0 Å². The summed E-state index contributed by atoms with van der Waals surface area (Å²) < 4.78 is 2.43. The van der Waals surface area contributed by atoms with E-state index in [0.29, 0.717) is 7.25 Å². The van der Waals surface area contributed by atoms with E-state index in [1.165, 1.54) is 50.1 Å². The van der Waals surface area contributed by atoms with E-state index in [0.717, 1.165) is 0 Å². The molecule has 7 rings (SSSR count). The van der Waals surface area contributed by atoms with Gasteiger partial charge in [0, 0.05) is 0 Å². The van der Waals surface area contributed by atoms with E-state index < -0.39 is 21.3 Å². The molecular formula is C45H46Zr. The van der Waals surface area contributed by atoms with Gasteiger partial charge in [0.05, 0.1) is 0 Å². The van der Waals surface area contributed by atoms with E-state index in [1.807, 2.05) is 0 Å². The Balaban J connectivity index is 1.65. The fourth-order valence-corrected chi connectivity index (χ4v) is 18.2. The number of hydrogen-bond acceptors (Lipinski definition) is 0.